The Kier molecular flexibility index (Phi) is 4.32. The maximum atomic E-state index is 11.3. The van der Waals surface area contributed by atoms with Crippen molar-refractivity contribution in [3.63, 3.8) is 0 Å². The zero-order valence-electron chi connectivity index (χ0n) is 10.8. The van der Waals surface area contributed by atoms with E-state index in [4.69, 9.17) is 4.74 Å². The second-order valence-corrected chi connectivity index (χ2v) is 4.97. The van der Waals surface area contributed by atoms with Gasteiger partial charge in [0.1, 0.15) is 6.10 Å². The Labute approximate surface area is 102 Å². The molecule has 0 spiro atoms. The van der Waals surface area contributed by atoms with E-state index in [-0.39, 0.29) is 18.0 Å². The van der Waals surface area contributed by atoms with Crippen LogP contribution in [-0.2, 0) is 14.3 Å². The molecule has 0 saturated heterocycles. The normalized spacial score (nSPS) is 32.6. The van der Waals surface area contributed by atoms with E-state index < -0.39 is 5.54 Å². The number of rotatable bonds is 3. The van der Waals surface area contributed by atoms with Crippen LogP contribution in [0.4, 0.5) is 0 Å². The lowest BCUT2D eigenvalue weighted by Gasteiger charge is -2.43. The average molecular weight is 239 g/mol. The number of nitrogens with one attached hydrogen (secondary N) is 1. The highest BCUT2D eigenvalue weighted by Gasteiger charge is 2.42. The molecule has 1 saturated carbocycles. The summed E-state index contributed by atoms with van der Waals surface area (Å²) in [6.07, 6.45) is 4.11. The van der Waals surface area contributed by atoms with Crippen LogP contribution in [-0.4, -0.2) is 23.5 Å². The average Bonchev–Trinajstić information content (AvgIpc) is 2.19. The highest BCUT2D eigenvalue weighted by atomic mass is 16.5. The van der Waals surface area contributed by atoms with Crippen LogP contribution in [0.25, 0.3) is 0 Å². The minimum absolute atomic E-state index is 0.102. The summed E-state index contributed by atoms with van der Waals surface area (Å²) in [6, 6.07) is 0. The molecule has 0 heterocycles. The highest BCUT2D eigenvalue weighted by Crippen LogP contribution is 2.35. The van der Waals surface area contributed by atoms with Gasteiger partial charge in [-0.05, 0) is 32.1 Å². The molecule has 4 heteroatoms. The topological polar surface area (TPSA) is 55.4 Å². The molecule has 0 aromatic carbocycles. The molecule has 1 rings (SSSR count). The summed E-state index contributed by atoms with van der Waals surface area (Å²) in [5.74, 6) is -0.0448. The van der Waals surface area contributed by atoms with Gasteiger partial charge in [-0.3, -0.25) is 9.59 Å². The van der Waals surface area contributed by atoms with Crippen LogP contribution >= 0.6 is 0 Å². The Morgan fingerprint density at radius 2 is 2.06 bits per heavy atom. The second-order valence-electron chi connectivity index (χ2n) is 4.97. The molecule has 17 heavy (non-hydrogen) atoms. The van der Waals surface area contributed by atoms with Crippen molar-refractivity contribution in [2.45, 2.75) is 51.7 Å². The summed E-state index contributed by atoms with van der Waals surface area (Å²) in [5, 5.41) is 2.91. The number of hydrogen-bond donors (Lipinski definition) is 1. The monoisotopic (exact) mass is 239 g/mol. The summed E-state index contributed by atoms with van der Waals surface area (Å²) in [6.45, 7) is 8.60. The predicted molar refractivity (Wildman–Crippen MR) is 65.3 cm³/mol. The van der Waals surface area contributed by atoms with Crippen molar-refractivity contribution in [3.8, 4) is 0 Å². The SMILES string of the molecule is C=C[C@@H]1CC[C@@H](OC(C)=O)[C@@](C)(NC(C)=O)C1. The van der Waals surface area contributed by atoms with E-state index in [1.165, 1.54) is 13.8 Å². The summed E-state index contributed by atoms with van der Waals surface area (Å²) in [5.41, 5.74) is -0.491. The molecule has 0 unspecified atom stereocenters. The van der Waals surface area contributed by atoms with Crippen LogP contribution < -0.4 is 5.32 Å². The van der Waals surface area contributed by atoms with Gasteiger partial charge in [0.25, 0.3) is 0 Å². The Morgan fingerprint density at radius 3 is 2.53 bits per heavy atom. The largest absolute Gasteiger partial charge is 0.460 e. The Balaban J connectivity index is 2.83. The Hall–Kier alpha value is -1.32. The van der Waals surface area contributed by atoms with Crippen molar-refractivity contribution in [1.29, 1.82) is 0 Å². The van der Waals surface area contributed by atoms with Gasteiger partial charge in [-0.25, -0.2) is 0 Å². The summed E-state index contributed by atoms with van der Waals surface area (Å²) in [7, 11) is 0. The summed E-state index contributed by atoms with van der Waals surface area (Å²) in [4.78, 5) is 22.3. The highest BCUT2D eigenvalue weighted by molar-refractivity contribution is 5.74. The summed E-state index contributed by atoms with van der Waals surface area (Å²) >= 11 is 0. The first-order chi connectivity index (χ1) is 7.87. The van der Waals surface area contributed by atoms with Crippen LogP contribution in [0, 0.1) is 5.92 Å². The van der Waals surface area contributed by atoms with Gasteiger partial charge in [0.2, 0.25) is 5.91 Å². The third kappa shape index (κ3) is 3.58. The lowest BCUT2D eigenvalue weighted by Crippen LogP contribution is -2.58. The molecule has 0 radical (unpaired) electrons. The van der Waals surface area contributed by atoms with Crippen LogP contribution in [0.5, 0.6) is 0 Å². The summed E-state index contributed by atoms with van der Waals surface area (Å²) < 4.78 is 5.31. The van der Waals surface area contributed by atoms with Crippen molar-refractivity contribution in [1.82, 2.24) is 5.32 Å². The van der Waals surface area contributed by atoms with E-state index in [2.05, 4.69) is 11.9 Å². The molecule has 1 amide bonds. The van der Waals surface area contributed by atoms with Crippen molar-refractivity contribution < 1.29 is 14.3 Å². The van der Waals surface area contributed by atoms with E-state index in [1.807, 2.05) is 13.0 Å². The first-order valence-electron chi connectivity index (χ1n) is 5.96. The third-order valence-corrected chi connectivity index (χ3v) is 3.30. The van der Waals surface area contributed by atoms with Gasteiger partial charge in [-0.2, -0.15) is 0 Å². The molecule has 3 atom stereocenters. The fourth-order valence-electron chi connectivity index (χ4n) is 2.59. The van der Waals surface area contributed by atoms with Gasteiger partial charge in [-0.15, -0.1) is 6.58 Å². The minimum Gasteiger partial charge on any atom is -0.460 e. The number of esters is 1. The van der Waals surface area contributed by atoms with Gasteiger partial charge in [-0.1, -0.05) is 6.08 Å². The van der Waals surface area contributed by atoms with Gasteiger partial charge in [0.15, 0.2) is 0 Å². The van der Waals surface area contributed by atoms with Gasteiger partial charge in [0, 0.05) is 13.8 Å². The van der Waals surface area contributed by atoms with Crippen molar-refractivity contribution in [2.24, 2.45) is 5.92 Å². The molecule has 0 bridgehead atoms. The van der Waals surface area contributed by atoms with E-state index >= 15 is 0 Å². The molecule has 4 nitrogen and oxygen atoms in total. The number of allylic oxidation sites excluding steroid dienone is 1. The van der Waals surface area contributed by atoms with Crippen LogP contribution in [0.2, 0.25) is 0 Å². The molecule has 1 fully saturated rings. The fourth-order valence-corrected chi connectivity index (χ4v) is 2.59. The molecule has 0 aromatic heterocycles. The molecule has 1 N–H and O–H groups in total. The van der Waals surface area contributed by atoms with E-state index in [0.717, 1.165) is 19.3 Å². The third-order valence-electron chi connectivity index (χ3n) is 3.30. The van der Waals surface area contributed by atoms with E-state index in [1.54, 1.807) is 0 Å². The zero-order valence-corrected chi connectivity index (χ0v) is 10.8. The van der Waals surface area contributed by atoms with Crippen molar-refractivity contribution in [3.05, 3.63) is 12.7 Å². The number of carbonyl (C=O) groups is 2. The first-order valence-corrected chi connectivity index (χ1v) is 5.96. The van der Waals surface area contributed by atoms with Crippen LogP contribution in [0.15, 0.2) is 12.7 Å². The standard InChI is InChI=1S/C13H21NO3/c1-5-11-6-7-12(17-10(3)16)13(4,8-11)14-9(2)15/h5,11-12H,1,6-8H2,2-4H3,(H,14,15)/t11-,12-,13+/m1/s1. The second kappa shape index (κ2) is 5.34. The number of carbonyl (C=O) groups excluding carboxylic acids is 2. The molecule has 0 aromatic rings. The lowest BCUT2D eigenvalue weighted by atomic mass is 9.74. The number of amides is 1. The van der Waals surface area contributed by atoms with Crippen LogP contribution in [0.3, 0.4) is 0 Å². The van der Waals surface area contributed by atoms with Crippen molar-refractivity contribution >= 4 is 11.9 Å². The Bertz CT molecular complexity index is 327. The van der Waals surface area contributed by atoms with Gasteiger partial charge >= 0.3 is 5.97 Å². The van der Waals surface area contributed by atoms with Gasteiger partial charge < -0.3 is 10.1 Å². The van der Waals surface area contributed by atoms with E-state index in [9.17, 15) is 9.59 Å². The molecule has 1 aliphatic carbocycles. The molecule has 0 aliphatic heterocycles. The van der Waals surface area contributed by atoms with Gasteiger partial charge in [0.05, 0.1) is 5.54 Å². The van der Waals surface area contributed by atoms with Crippen molar-refractivity contribution in [2.75, 3.05) is 0 Å². The number of hydrogen-bond acceptors (Lipinski definition) is 3. The number of ether oxygens (including phenoxy) is 1. The fraction of sp³-hybridized carbons (Fsp3) is 0.692. The Morgan fingerprint density at radius 1 is 1.41 bits per heavy atom. The van der Waals surface area contributed by atoms with Crippen LogP contribution in [0.1, 0.15) is 40.0 Å². The quantitative estimate of drug-likeness (QED) is 0.603. The molecule has 1 aliphatic rings. The first kappa shape index (κ1) is 13.7. The maximum absolute atomic E-state index is 11.3. The maximum Gasteiger partial charge on any atom is 0.302 e. The lowest BCUT2D eigenvalue weighted by molar-refractivity contribution is -0.155. The minimum atomic E-state index is -0.491. The van der Waals surface area contributed by atoms with E-state index in [0.29, 0.717) is 5.92 Å². The predicted octanol–water partition coefficient (Wildman–Crippen LogP) is 1.80. The molecular formula is C13H21NO3. The molecule has 96 valence electrons. The zero-order chi connectivity index (χ0) is 13.1. The molecular weight excluding hydrogens is 218 g/mol. The smallest absolute Gasteiger partial charge is 0.302 e.